The summed E-state index contributed by atoms with van der Waals surface area (Å²) >= 11 is 5.65. The van der Waals surface area contributed by atoms with Crippen LogP contribution in [0.3, 0.4) is 0 Å². The van der Waals surface area contributed by atoms with E-state index in [0.29, 0.717) is 17.1 Å². The molecular formula is C14H10ClF3N4O2S. The summed E-state index contributed by atoms with van der Waals surface area (Å²) in [6, 6.07) is 4.02. The normalized spacial score (nSPS) is 12.7. The molecule has 3 aromatic rings. The molecule has 1 aromatic carbocycles. The number of sulfonamides is 1. The number of benzene rings is 1. The first-order chi connectivity index (χ1) is 11.6. The summed E-state index contributed by atoms with van der Waals surface area (Å²) in [7, 11) is -2.42. The lowest BCUT2D eigenvalue weighted by Gasteiger charge is -2.11. The van der Waals surface area contributed by atoms with Crippen molar-refractivity contribution in [2.75, 3.05) is 7.05 Å². The molecule has 2 heterocycles. The number of hydrogen-bond acceptors (Lipinski definition) is 4. The predicted molar refractivity (Wildman–Crippen MR) is 85.6 cm³/mol. The van der Waals surface area contributed by atoms with Crippen molar-refractivity contribution < 1.29 is 21.6 Å². The highest BCUT2D eigenvalue weighted by Gasteiger charge is 2.36. The molecule has 2 aromatic heterocycles. The average Bonchev–Trinajstić information content (AvgIpc) is 2.96. The summed E-state index contributed by atoms with van der Waals surface area (Å²) in [6.45, 7) is 0. The zero-order chi connectivity index (χ0) is 18.4. The summed E-state index contributed by atoms with van der Waals surface area (Å²) in [5, 5.41) is 0.0436. The van der Waals surface area contributed by atoms with Gasteiger partial charge in [0.2, 0.25) is 15.3 Å². The van der Waals surface area contributed by atoms with Crippen molar-refractivity contribution in [2.45, 2.75) is 11.1 Å². The minimum absolute atomic E-state index is 0.0207. The zero-order valence-corrected chi connectivity index (χ0v) is 14.1. The van der Waals surface area contributed by atoms with E-state index in [1.54, 1.807) is 0 Å². The number of aromatic nitrogens is 3. The number of rotatable bonds is 3. The molecule has 0 bridgehead atoms. The predicted octanol–water partition coefficient (Wildman–Crippen LogP) is 3.21. The second kappa shape index (κ2) is 5.97. The molecule has 11 heteroatoms. The van der Waals surface area contributed by atoms with Gasteiger partial charge >= 0.3 is 6.18 Å². The Kier molecular flexibility index (Phi) is 4.21. The van der Waals surface area contributed by atoms with Crippen LogP contribution in [0.15, 0.2) is 35.5 Å². The molecule has 0 saturated heterocycles. The van der Waals surface area contributed by atoms with Gasteiger partial charge in [0, 0.05) is 28.9 Å². The minimum atomic E-state index is -4.67. The smallest absolute Gasteiger partial charge is 0.360 e. The molecule has 3 rings (SSSR count). The van der Waals surface area contributed by atoms with E-state index in [-0.39, 0.29) is 21.4 Å². The lowest BCUT2D eigenvalue weighted by Crippen LogP contribution is -2.18. The number of halogens is 4. The molecule has 0 fully saturated rings. The van der Waals surface area contributed by atoms with Crippen molar-refractivity contribution in [3.8, 4) is 11.3 Å². The van der Waals surface area contributed by atoms with Crippen molar-refractivity contribution >= 4 is 32.5 Å². The Labute approximate surface area is 145 Å². The van der Waals surface area contributed by atoms with Gasteiger partial charge in [-0.1, -0.05) is 6.07 Å². The van der Waals surface area contributed by atoms with Crippen LogP contribution in [0.2, 0.25) is 5.28 Å². The average molecular weight is 391 g/mol. The molecule has 6 nitrogen and oxygen atoms in total. The summed E-state index contributed by atoms with van der Waals surface area (Å²) < 4.78 is 65.5. The SMILES string of the molecule is CNS(=O)(=O)c1ccc2c(-c3nc(Cl)ncc3C(F)(F)F)c[nH]c2c1. The van der Waals surface area contributed by atoms with Crippen molar-refractivity contribution in [2.24, 2.45) is 0 Å². The van der Waals surface area contributed by atoms with E-state index in [1.165, 1.54) is 31.4 Å². The van der Waals surface area contributed by atoms with Crippen molar-refractivity contribution in [3.63, 3.8) is 0 Å². The molecular weight excluding hydrogens is 381 g/mol. The van der Waals surface area contributed by atoms with Crippen molar-refractivity contribution in [1.82, 2.24) is 19.7 Å². The number of alkyl halides is 3. The van der Waals surface area contributed by atoms with Gasteiger partial charge in [0.05, 0.1) is 10.6 Å². The monoisotopic (exact) mass is 390 g/mol. The Morgan fingerprint density at radius 3 is 2.64 bits per heavy atom. The fraction of sp³-hybridized carbons (Fsp3) is 0.143. The van der Waals surface area contributed by atoms with Gasteiger partial charge in [-0.25, -0.2) is 23.1 Å². The lowest BCUT2D eigenvalue weighted by atomic mass is 10.1. The molecule has 0 radical (unpaired) electrons. The molecule has 2 N–H and O–H groups in total. The molecule has 0 aliphatic heterocycles. The van der Waals surface area contributed by atoms with E-state index in [2.05, 4.69) is 19.7 Å². The molecule has 0 spiro atoms. The van der Waals surface area contributed by atoms with Gasteiger partial charge in [-0.15, -0.1) is 0 Å². The number of nitrogens with zero attached hydrogens (tertiary/aromatic N) is 2. The quantitative estimate of drug-likeness (QED) is 0.672. The van der Waals surface area contributed by atoms with E-state index in [0.717, 1.165) is 0 Å². The number of nitrogens with one attached hydrogen (secondary N) is 2. The van der Waals surface area contributed by atoms with Crippen LogP contribution in [0.1, 0.15) is 5.56 Å². The summed E-state index contributed by atoms with van der Waals surface area (Å²) in [6.07, 6.45) is -2.74. The Morgan fingerprint density at radius 2 is 2.00 bits per heavy atom. The van der Waals surface area contributed by atoms with Gasteiger partial charge in [-0.3, -0.25) is 0 Å². The van der Waals surface area contributed by atoms with Gasteiger partial charge < -0.3 is 4.98 Å². The third-order valence-corrected chi connectivity index (χ3v) is 5.15. The van der Waals surface area contributed by atoms with Gasteiger partial charge in [0.15, 0.2) is 0 Å². The van der Waals surface area contributed by atoms with Crippen LogP contribution in [0.5, 0.6) is 0 Å². The van der Waals surface area contributed by atoms with Crippen LogP contribution in [-0.2, 0) is 16.2 Å². The minimum Gasteiger partial charge on any atom is -0.360 e. The van der Waals surface area contributed by atoms with Crippen LogP contribution >= 0.6 is 11.6 Å². The van der Waals surface area contributed by atoms with Crippen LogP contribution in [0.4, 0.5) is 13.2 Å². The molecule has 0 unspecified atom stereocenters. The van der Waals surface area contributed by atoms with E-state index in [4.69, 9.17) is 11.6 Å². The molecule has 0 saturated carbocycles. The maximum atomic E-state index is 13.2. The fourth-order valence-electron chi connectivity index (χ4n) is 2.36. The molecule has 0 aliphatic carbocycles. The number of hydrogen-bond donors (Lipinski definition) is 2. The third-order valence-electron chi connectivity index (χ3n) is 3.55. The molecule has 132 valence electrons. The standard InChI is InChI=1S/C14H10ClF3N4O2S/c1-19-25(23,24)7-2-3-8-9(5-20-11(8)4-7)12-10(14(16,17)18)6-21-13(15)22-12/h2-6,19-20H,1H3. The summed E-state index contributed by atoms with van der Waals surface area (Å²) in [4.78, 5) is 9.83. The molecule has 0 atom stereocenters. The van der Waals surface area contributed by atoms with Crippen LogP contribution in [-0.4, -0.2) is 30.4 Å². The number of H-pyrrole nitrogens is 1. The summed E-state index contributed by atoms with van der Waals surface area (Å²) in [5.74, 6) is 0. The number of aromatic amines is 1. The third kappa shape index (κ3) is 3.20. The van der Waals surface area contributed by atoms with E-state index in [9.17, 15) is 21.6 Å². The van der Waals surface area contributed by atoms with Gasteiger partial charge in [-0.2, -0.15) is 13.2 Å². The van der Waals surface area contributed by atoms with Gasteiger partial charge in [0.25, 0.3) is 0 Å². The Bertz CT molecular complexity index is 1060. The van der Waals surface area contributed by atoms with Gasteiger partial charge in [-0.05, 0) is 30.8 Å². The Balaban J connectivity index is 2.24. The fourth-order valence-corrected chi connectivity index (χ4v) is 3.25. The second-order valence-electron chi connectivity index (χ2n) is 5.02. The highest BCUT2D eigenvalue weighted by atomic mass is 35.5. The maximum Gasteiger partial charge on any atom is 0.419 e. The zero-order valence-electron chi connectivity index (χ0n) is 12.5. The molecule has 0 amide bonds. The molecule has 25 heavy (non-hydrogen) atoms. The first-order valence-corrected chi connectivity index (χ1v) is 8.64. The highest BCUT2D eigenvalue weighted by molar-refractivity contribution is 7.89. The maximum absolute atomic E-state index is 13.2. The van der Waals surface area contributed by atoms with Crippen LogP contribution < -0.4 is 4.72 Å². The van der Waals surface area contributed by atoms with Crippen LogP contribution in [0, 0.1) is 0 Å². The first kappa shape index (κ1) is 17.6. The number of fused-ring (bicyclic) bond motifs is 1. The van der Waals surface area contributed by atoms with E-state index >= 15 is 0 Å². The second-order valence-corrected chi connectivity index (χ2v) is 7.24. The largest absolute Gasteiger partial charge is 0.419 e. The van der Waals surface area contributed by atoms with Crippen molar-refractivity contribution in [3.05, 3.63) is 41.4 Å². The van der Waals surface area contributed by atoms with E-state index in [1.807, 2.05) is 0 Å². The molecule has 0 aliphatic rings. The van der Waals surface area contributed by atoms with Crippen LogP contribution in [0.25, 0.3) is 22.2 Å². The van der Waals surface area contributed by atoms with E-state index < -0.39 is 21.8 Å². The lowest BCUT2D eigenvalue weighted by molar-refractivity contribution is -0.137. The Morgan fingerprint density at radius 1 is 1.28 bits per heavy atom. The topological polar surface area (TPSA) is 87.7 Å². The Hall–Kier alpha value is -2.17. The first-order valence-electron chi connectivity index (χ1n) is 6.78. The van der Waals surface area contributed by atoms with Crippen molar-refractivity contribution in [1.29, 1.82) is 0 Å². The summed E-state index contributed by atoms with van der Waals surface area (Å²) in [5.41, 5.74) is -0.943. The highest BCUT2D eigenvalue weighted by Crippen LogP contribution is 2.38. The van der Waals surface area contributed by atoms with Gasteiger partial charge in [0.1, 0.15) is 5.56 Å².